The van der Waals surface area contributed by atoms with Crippen LogP contribution in [-0.2, 0) is 9.59 Å². The summed E-state index contributed by atoms with van der Waals surface area (Å²) in [4.78, 5) is 51.6. The molecule has 0 unspecified atom stereocenters. The number of nitrogens with one attached hydrogen (secondary N) is 1. The number of rotatable bonds is 8. The molecule has 0 saturated carbocycles. The van der Waals surface area contributed by atoms with Gasteiger partial charge in [-0.2, -0.15) is 0 Å². The maximum Gasteiger partial charge on any atom is 0.236 e. The molecule has 13 heteroatoms. The molecule has 47 heavy (non-hydrogen) atoms. The predicted molar refractivity (Wildman–Crippen MR) is 180 cm³/mol. The molecule has 0 aliphatic carbocycles. The van der Waals surface area contributed by atoms with Crippen LogP contribution in [0.2, 0.25) is 0 Å². The van der Waals surface area contributed by atoms with Crippen molar-refractivity contribution in [2.75, 3.05) is 69.2 Å². The van der Waals surface area contributed by atoms with Crippen molar-refractivity contribution >= 4 is 41.2 Å². The van der Waals surface area contributed by atoms with E-state index in [1.807, 2.05) is 42.2 Å². The lowest BCUT2D eigenvalue weighted by molar-refractivity contribution is -0.133. The molecule has 6 rings (SSSR count). The molecule has 5 heterocycles. The number of aromatic nitrogens is 2. The largest absolute Gasteiger partial charge is 0.383 e. The molecule has 3 N–H and O–H groups in total. The molecular formula is C34H39FN10O2. The normalized spacial score (nSPS) is 20.6. The molecule has 2 aromatic heterocycles. The molecule has 3 aliphatic heterocycles. The minimum atomic E-state index is -0.522. The molecular weight excluding hydrogens is 599 g/mol. The number of nitrogens with two attached hydrogens (primary N) is 1. The van der Waals surface area contributed by atoms with E-state index in [-0.39, 0.29) is 24.1 Å². The predicted octanol–water partition coefficient (Wildman–Crippen LogP) is 2.48. The Kier molecular flexibility index (Phi) is 9.08. The number of pyridine rings is 2. The van der Waals surface area contributed by atoms with Crippen LogP contribution < -0.4 is 15.5 Å². The number of nitrogens with zero attached hydrogens (tertiary/aromatic N) is 8. The first-order valence-corrected chi connectivity index (χ1v) is 15.8. The van der Waals surface area contributed by atoms with Crippen LogP contribution >= 0.6 is 0 Å². The van der Waals surface area contributed by atoms with Gasteiger partial charge < -0.3 is 20.4 Å². The van der Waals surface area contributed by atoms with Crippen molar-refractivity contribution in [3.05, 3.63) is 83.1 Å². The zero-order valence-corrected chi connectivity index (χ0v) is 26.7. The van der Waals surface area contributed by atoms with Gasteiger partial charge in [-0.25, -0.2) is 14.4 Å². The molecule has 3 aromatic rings. The van der Waals surface area contributed by atoms with E-state index in [0.29, 0.717) is 75.7 Å². The molecule has 1 spiro atoms. The Labute approximate surface area is 273 Å². The first-order valence-electron chi connectivity index (χ1n) is 15.8. The highest BCUT2D eigenvalue weighted by atomic mass is 19.1. The minimum absolute atomic E-state index is 0.0624. The third-order valence-electron chi connectivity index (χ3n) is 9.40. The lowest BCUT2D eigenvalue weighted by Gasteiger charge is -2.36. The van der Waals surface area contributed by atoms with E-state index in [9.17, 15) is 14.0 Å². The lowest BCUT2D eigenvalue weighted by atomic mass is 9.85. The molecule has 0 bridgehead atoms. The van der Waals surface area contributed by atoms with Gasteiger partial charge in [-0.3, -0.25) is 29.9 Å². The van der Waals surface area contributed by atoms with Gasteiger partial charge in [0.15, 0.2) is 0 Å². The highest BCUT2D eigenvalue weighted by Crippen LogP contribution is 2.42. The summed E-state index contributed by atoms with van der Waals surface area (Å²) in [5, 5.41) is 8.68. The summed E-state index contributed by atoms with van der Waals surface area (Å²) >= 11 is 0. The SMILES string of the molecule is CN=CN=C(N)c1ccc(N2CCN(C(=O)CN3CC[C@]4(CCN(c5ccc(C)c(C(=N)c6ccc(F)cn6)c5)C4=O)C3)CC2)nc1. The summed E-state index contributed by atoms with van der Waals surface area (Å²) < 4.78 is 13.4. The molecule has 12 nitrogen and oxygen atoms in total. The first kappa shape index (κ1) is 31.9. The van der Waals surface area contributed by atoms with Crippen molar-refractivity contribution in [1.29, 1.82) is 5.41 Å². The molecule has 1 aromatic carbocycles. The summed E-state index contributed by atoms with van der Waals surface area (Å²) in [7, 11) is 1.63. The van der Waals surface area contributed by atoms with E-state index in [0.717, 1.165) is 28.8 Å². The zero-order valence-electron chi connectivity index (χ0n) is 26.7. The Morgan fingerprint density at radius 2 is 1.83 bits per heavy atom. The van der Waals surface area contributed by atoms with Crippen molar-refractivity contribution in [1.82, 2.24) is 19.8 Å². The number of hydrogen-bond donors (Lipinski definition) is 2. The van der Waals surface area contributed by atoms with Crippen LogP contribution in [0.25, 0.3) is 0 Å². The summed E-state index contributed by atoms with van der Waals surface area (Å²) in [5.74, 6) is 0.857. The Bertz CT molecular complexity index is 1720. The minimum Gasteiger partial charge on any atom is -0.383 e. The average molecular weight is 639 g/mol. The first-order chi connectivity index (χ1) is 22.7. The fraction of sp³-hybridized carbons (Fsp3) is 0.382. The highest BCUT2D eigenvalue weighted by Gasteiger charge is 2.51. The maximum absolute atomic E-state index is 13.9. The summed E-state index contributed by atoms with van der Waals surface area (Å²) in [5.41, 5.74) is 8.98. The molecule has 3 fully saturated rings. The molecule has 1 atom stereocenters. The topological polar surface area (TPSA) is 147 Å². The van der Waals surface area contributed by atoms with Gasteiger partial charge in [-0.15, -0.1) is 0 Å². The van der Waals surface area contributed by atoms with Crippen LogP contribution in [0.4, 0.5) is 15.9 Å². The number of piperazine rings is 1. The number of anilines is 2. The van der Waals surface area contributed by atoms with Gasteiger partial charge in [-0.1, -0.05) is 6.07 Å². The Hall–Kier alpha value is -5.04. The van der Waals surface area contributed by atoms with Gasteiger partial charge in [-0.05, 0) is 68.3 Å². The number of hydrogen-bond acceptors (Lipinski definition) is 8. The van der Waals surface area contributed by atoms with Crippen LogP contribution in [-0.4, -0.2) is 109 Å². The zero-order chi connectivity index (χ0) is 33.1. The average Bonchev–Trinajstić information content (AvgIpc) is 3.65. The number of amidine groups is 1. The number of aryl methyl sites for hydroxylation is 1. The van der Waals surface area contributed by atoms with Crippen molar-refractivity contribution in [3.8, 4) is 0 Å². The number of likely N-dealkylation sites (tertiary alicyclic amines) is 1. The number of halogens is 1. The van der Waals surface area contributed by atoms with Gasteiger partial charge in [0.25, 0.3) is 0 Å². The smallest absolute Gasteiger partial charge is 0.236 e. The lowest BCUT2D eigenvalue weighted by Crippen LogP contribution is -2.51. The van der Waals surface area contributed by atoms with E-state index >= 15 is 0 Å². The van der Waals surface area contributed by atoms with E-state index in [2.05, 4.69) is 29.8 Å². The van der Waals surface area contributed by atoms with Crippen LogP contribution in [0.3, 0.4) is 0 Å². The van der Waals surface area contributed by atoms with Gasteiger partial charge in [0.1, 0.15) is 23.8 Å². The molecule has 2 amide bonds. The maximum atomic E-state index is 13.9. The summed E-state index contributed by atoms with van der Waals surface area (Å²) in [6.45, 7) is 6.57. The number of carbonyl (C=O) groups is 2. The fourth-order valence-electron chi connectivity index (χ4n) is 6.64. The molecule has 0 radical (unpaired) electrons. The number of carbonyl (C=O) groups excluding carboxylic acids is 2. The standard InChI is InChI=1S/C34H39FN10O2/c1-23-3-6-26(17-27(23)31(36)28-7-5-25(35)19-39-28)45-12-10-34(33(45)47)9-11-42(21-34)20-30(46)44-15-13-43(14-16-44)29-8-4-24(18-40-29)32(37)41-22-38-2/h3-8,17-19,22,36H,9-16,20-21H2,1-2H3,(H2,37,38,41)/t34-/m0/s1. The third-order valence-corrected chi connectivity index (χ3v) is 9.40. The van der Waals surface area contributed by atoms with Crippen LogP contribution in [0.1, 0.15) is 35.2 Å². The summed E-state index contributed by atoms with van der Waals surface area (Å²) in [6.07, 6.45) is 5.61. The molecule has 3 aliphatic rings. The van der Waals surface area contributed by atoms with Crippen LogP contribution in [0.15, 0.2) is 64.8 Å². The van der Waals surface area contributed by atoms with Crippen molar-refractivity contribution in [2.45, 2.75) is 19.8 Å². The van der Waals surface area contributed by atoms with Crippen molar-refractivity contribution < 1.29 is 14.0 Å². The highest BCUT2D eigenvalue weighted by molar-refractivity contribution is 6.11. The van der Waals surface area contributed by atoms with Crippen LogP contribution in [0.5, 0.6) is 0 Å². The second-order valence-electron chi connectivity index (χ2n) is 12.3. The van der Waals surface area contributed by atoms with E-state index in [1.165, 1.54) is 18.5 Å². The van der Waals surface area contributed by atoms with E-state index in [1.54, 1.807) is 18.1 Å². The van der Waals surface area contributed by atoms with Crippen LogP contribution in [0, 0.1) is 23.6 Å². The number of amides is 2. The monoisotopic (exact) mass is 638 g/mol. The van der Waals surface area contributed by atoms with Crippen molar-refractivity contribution in [3.63, 3.8) is 0 Å². The van der Waals surface area contributed by atoms with E-state index in [4.69, 9.17) is 11.1 Å². The number of benzene rings is 1. The Morgan fingerprint density at radius 3 is 2.53 bits per heavy atom. The van der Waals surface area contributed by atoms with Gasteiger partial charge >= 0.3 is 0 Å². The van der Waals surface area contributed by atoms with Gasteiger partial charge in [0.2, 0.25) is 11.8 Å². The molecule has 244 valence electrons. The van der Waals surface area contributed by atoms with E-state index < -0.39 is 11.2 Å². The number of aliphatic imine (C=N–C) groups is 2. The Morgan fingerprint density at radius 1 is 1.04 bits per heavy atom. The second-order valence-corrected chi connectivity index (χ2v) is 12.3. The van der Waals surface area contributed by atoms with Crippen molar-refractivity contribution in [2.24, 2.45) is 21.1 Å². The molecule has 3 saturated heterocycles. The fourth-order valence-corrected chi connectivity index (χ4v) is 6.64. The Balaban J connectivity index is 1.03. The van der Waals surface area contributed by atoms with Gasteiger partial charge in [0.05, 0.1) is 29.6 Å². The quantitative estimate of drug-likeness (QED) is 0.285. The summed E-state index contributed by atoms with van der Waals surface area (Å²) in [6, 6.07) is 12.2. The third kappa shape index (κ3) is 6.61. The second kappa shape index (κ2) is 13.4. The van der Waals surface area contributed by atoms with Gasteiger partial charge in [0, 0.05) is 69.3 Å².